The molecule has 0 saturated heterocycles. The van der Waals surface area contributed by atoms with Crippen molar-refractivity contribution < 1.29 is 18.6 Å². The van der Waals surface area contributed by atoms with Crippen LogP contribution in [-0.2, 0) is 15.6 Å². The Morgan fingerprint density at radius 3 is 2.06 bits per heavy atom. The molecule has 2 rings (SSSR count). The largest absolute Gasteiger partial charge is 0.496 e. The molecule has 0 fully saturated rings. The standard InChI is InChI=1S/C27H44N2O4Si/c1-20-23(30-6)17-22(18-24(20)31-7)26(33-34(8,9)27(2,3)4)25(19-29-28-5)32-16-15-21-13-11-10-12-14-21/h10-14,17-18,25-26,28-29H,15-16,19H2,1-9H3/t25-,26+/m0/s1. The molecule has 190 valence electrons. The van der Waals surface area contributed by atoms with E-state index in [1.165, 1.54) is 5.56 Å². The quantitative estimate of drug-likeness (QED) is 0.290. The summed E-state index contributed by atoms with van der Waals surface area (Å²) in [5.74, 6) is 1.56. The van der Waals surface area contributed by atoms with Gasteiger partial charge in [0.2, 0.25) is 0 Å². The number of hydrogen-bond donors (Lipinski definition) is 2. The Kier molecular flexibility index (Phi) is 10.6. The van der Waals surface area contributed by atoms with E-state index >= 15 is 0 Å². The molecule has 0 bridgehead atoms. The predicted octanol–water partition coefficient (Wildman–Crippen LogP) is 5.43. The lowest BCUT2D eigenvalue weighted by atomic mass is 10.0. The van der Waals surface area contributed by atoms with Gasteiger partial charge in [-0.1, -0.05) is 51.1 Å². The zero-order valence-electron chi connectivity index (χ0n) is 22.5. The van der Waals surface area contributed by atoms with Crippen molar-refractivity contribution in [2.45, 2.75) is 64.5 Å². The van der Waals surface area contributed by atoms with Gasteiger partial charge in [-0.2, -0.15) is 0 Å². The number of methoxy groups -OCH3 is 2. The third-order valence-corrected chi connectivity index (χ3v) is 11.2. The molecule has 0 radical (unpaired) electrons. The second-order valence-electron chi connectivity index (χ2n) is 10.1. The molecule has 2 aromatic rings. The maximum Gasteiger partial charge on any atom is 0.193 e. The summed E-state index contributed by atoms with van der Waals surface area (Å²) in [4.78, 5) is 0. The SMILES string of the molecule is CNNC[C@H](OCCc1ccccc1)[C@H](O[Si](C)(C)C(C)(C)C)c1cc(OC)c(C)c(OC)c1. The first-order valence-corrected chi connectivity index (χ1v) is 14.9. The van der Waals surface area contributed by atoms with Gasteiger partial charge in [0, 0.05) is 12.1 Å². The second-order valence-corrected chi connectivity index (χ2v) is 14.9. The minimum Gasteiger partial charge on any atom is -0.496 e. The van der Waals surface area contributed by atoms with Gasteiger partial charge in [0.05, 0.1) is 26.9 Å². The van der Waals surface area contributed by atoms with Crippen LogP contribution in [0.25, 0.3) is 0 Å². The number of benzene rings is 2. The Labute approximate surface area is 207 Å². The van der Waals surface area contributed by atoms with Crippen molar-refractivity contribution in [3.63, 3.8) is 0 Å². The van der Waals surface area contributed by atoms with Crippen molar-refractivity contribution in [3.8, 4) is 11.5 Å². The molecule has 0 heterocycles. The summed E-state index contributed by atoms with van der Waals surface area (Å²) in [6.45, 7) is 14.5. The molecule has 34 heavy (non-hydrogen) atoms. The van der Waals surface area contributed by atoms with E-state index in [0.717, 1.165) is 29.0 Å². The highest BCUT2D eigenvalue weighted by atomic mass is 28.4. The smallest absolute Gasteiger partial charge is 0.193 e. The van der Waals surface area contributed by atoms with Gasteiger partial charge in [-0.15, -0.1) is 0 Å². The number of nitrogens with one attached hydrogen (secondary N) is 2. The van der Waals surface area contributed by atoms with E-state index in [0.29, 0.717) is 13.2 Å². The summed E-state index contributed by atoms with van der Waals surface area (Å²) in [6.07, 6.45) is 0.327. The molecule has 0 aliphatic rings. The molecule has 6 nitrogen and oxygen atoms in total. The number of rotatable bonds is 13. The highest BCUT2D eigenvalue weighted by molar-refractivity contribution is 6.74. The van der Waals surface area contributed by atoms with E-state index in [4.69, 9.17) is 18.6 Å². The molecular weight excluding hydrogens is 444 g/mol. The summed E-state index contributed by atoms with van der Waals surface area (Å²) in [5.41, 5.74) is 9.49. The van der Waals surface area contributed by atoms with Gasteiger partial charge in [-0.25, -0.2) is 0 Å². The molecule has 0 spiro atoms. The minimum absolute atomic E-state index is 0.0507. The van der Waals surface area contributed by atoms with Crippen LogP contribution in [0.5, 0.6) is 11.5 Å². The zero-order chi connectivity index (χ0) is 25.4. The number of hydrogen-bond acceptors (Lipinski definition) is 6. The van der Waals surface area contributed by atoms with Crippen LogP contribution in [0.3, 0.4) is 0 Å². The highest BCUT2D eigenvalue weighted by Gasteiger charge is 2.42. The molecule has 0 amide bonds. The molecule has 2 N–H and O–H groups in total. The first kappa shape index (κ1) is 28.3. The molecule has 0 aromatic heterocycles. The topological polar surface area (TPSA) is 61.0 Å². The van der Waals surface area contributed by atoms with Crippen molar-refractivity contribution in [2.24, 2.45) is 0 Å². The van der Waals surface area contributed by atoms with Gasteiger partial charge < -0.3 is 18.6 Å². The number of ether oxygens (including phenoxy) is 3. The van der Waals surface area contributed by atoms with Crippen molar-refractivity contribution in [1.82, 2.24) is 10.9 Å². The molecule has 0 aliphatic carbocycles. The zero-order valence-corrected chi connectivity index (χ0v) is 23.5. The molecule has 0 unspecified atom stereocenters. The lowest BCUT2D eigenvalue weighted by molar-refractivity contribution is -0.0318. The fourth-order valence-electron chi connectivity index (χ4n) is 3.55. The first-order chi connectivity index (χ1) is 16.0. The van der Waals surface area contributed by atoms with Gasteiger partial charge in [0.15, 0.2) is 8.32 Å². The van der Waals surface area contributed by atoms with Crippen LogP contribution in [0.4, 0.5) is 0 Å². The van der Waals surface area contributed by atoms with E-state index < -0.39 is 8.32 Å². The van der Waals surface area contributed by atoms with Crippen LogP contribution in [0.15, 0.2) is 42.5 Å². The van der Waals surface area contributed by atoms with Crippen LogP contribution in [0.1, 0.15) is 43.6 Å². The van der Waals surface area contributed by atoms with Crippen LogP contribution >= 0.6 is 0 Å². The highest BCUT2D eigenvalue weighted by Crippen LogP contribution is 2.42. The maximum absolute atomic E-state index is 7.02. The van der Waals surface area contributed by atoms with Crippen molar-refractivity contribution in [2.75, 3.05) is 34.4 Å². The summed E-state index contributed by atoms with van der Waals surface area (Å²) >= 11 is 0. The van der Waals surface area contributed by atoms with E-state index in [1.807, 2.05) is 20.0 Å². The van der Waals surface area contributed by atoms with E-state index in [-0.39, 0.29) is 17.2 Å². The van der Waals surface area contributed by atoms with E-state index in [9.17, 15) is 0 Å². The number of hydrazine groups is 1. The molecule has 0 saturated carbocycles. The minimum atomic E-state index is -2.13. The third kappa shape index (κ3) is 7.55. The monoisotopic (exact) mass is 488 g/mol. The molecule has 7 heteroatoms. The summed E-state index contributed by atoms with van der Waals surface area (Å²) in [7, 11) is 3.10. The Bertz CT molecular complexity index is 859. The Morgan fingerprint density at radius 1 is 0.971 bits per heavy atom. The fraction of sp³-hybridized carbons (Fsp3) is 0.556. The van der Waals surface area contributed by atoms with Crippen molar-refractivity contribution in [1.29, 1.82) is 0 Å². The Morgan fingerprint density at radius 2 is 1.56 bits per heavy atom. The van der Waals surface area contributed by atoms with E-state index in [1.54, 1.807) is 14.2 Å². The van der Waals surface area contributed by atoms with Gasteiger partial charge in [0.1, 0.15) is 17.6 Å². The van der Waals surface area contributed by atoms with Gasteiger partial charge in [0.25, 0.3) is 0 Å². The van der Waals surface area contributed by atoms with Crippen LogP contribution in [0, 0.1) is 6.92 Å². The average Bonchev–Trinajstić information content (AvgIpc) is 2.80. The normalized spacial score (nSPS) is 14.0. The van der Waals surface area contributed by atoms with Crippen LogP contribution in [0.2, 0.25) is 18.1 Å². The molecular formula is C27H44N2O4Si. The van der Waals surface area contributed by atoms with Crippen molar-refractivity contribution >= 4 is 8.32 Å². The molecule has 2 aromatic carbocycles. The van der Waals surface area contributed by atoms with Crippen LogP contribution < -0.4 is 20.3 Å². The van der Waals surface area contributed by atoms with E-state index in [2.05, 4.69) is 81.1 Å². The lowest BCUT2D eigenvalue weighted by Gasteiger charge is -2.41. The fourth-order valence-corrected chi connectivity index (χ4v) is 4.83. The third-order valence-electron chi connectivity index (χ3n) is 6.71. The summed E-state index contributed by atoms with van der Waals surface area (Å²) in [5, 5.41) is 0.0507. The summed E-state index contributed by atoms with van der Waals surface area (Å²) in [6, 6.07) is 14.5. The Balaban J connectivity index is 2.44. The van der Waals surface area contributed by atoms with Gasteiger partial charge in [-0.3, -0.25) is 10.9 Å². The van der Waals surface area contributed by atoms with Crippen LogP contribution in [-0.4, -0.2) is 48.8 Å². The molecule has 0 aliphatic heterocycles. The maximum atomic E-state index is 7.02. The molecule has 2 atom stereocenters. The van der Waals surface area contributed by atoms with Crippen molar-refractivity contribution in [3.05, 3.63) is 59.2 Å². The Hall–Kier alpha value is -1.90. The van der Waals surface area contributed by atoms with Gasteiger partial charge >= 0.3 is 0 Å². The van der Waals surface area contributed by atoms with Gasteiger partial charge in [-0.05, 0) is 61.8 Å². The second kappa shape index (κ2) is 12.7. The predicted molar refractivity (Wildman–Crippen MR) is 142 cm³/mol. The first-order valence-electron chi connectivity index (χ1n) is 12.0. The lowest BCUT2D eigenvalue weighted by Crippen LogP contribution is -2.47. The summed E-state index contributed by atoms with van der Waals surface area (Å²) < 4.78 is 24.9. The average molecular weight is 489 g/mol.